The first-order valence-electron chi connectivity index (χ1n) is 10.4. The normalized spacial score (nSPS) is 15.4. The SMILES string of the molecule is CCNCc1ccc(N/C(=C2\C(=O)Nc3cc(Br)ccc32)c2ccc3c(c2)OCO3)cc1. The molecule has 0 aliphatic carbocycles. The van der Waals surface area contributed by atoms with Crippen LogP contribution in [0.1, 0.15) is 23.6 Å². The van der Waals surface area contributed by atoms with Gasteiger partial charge >= 0.3 is 0 Å². The molecule has 0 atom stereocenters. The van der Waals surface area contributed by atoms with Crippen LogP contribution in [0.5, 0.6) is 11.5 Å². The minimum absolute atomic E-state index is 0.151. The average Bonchev–Trinajstić information content (AvgIpc) is 3.39. The van der Waals surface area contributed by atoms with Crippen LogP contribution < -0.4 is 25.4 Å². The fourth-order valence-corrected chi connectivity index (χ4v) is 4.20. The Bertz CT molecular complexity index is 1220. The van der Waals surface area contributed by atoms with E-state index in [0.29, 0.717) is 22.8 Å². The van der Waals surface area contributed by atoms with Gasteiger partial charge in [-0.2, -0.15) is 0 Å². The zero-order valence-corrected chi connectivity index (χ0v) is 19.1. The summed E-state index contributed by atoms with van der Waals surface area (Å²) in [5, 5.41) is 9.79. The summed E-state index contributed by atoms with van der Waals surface area (Å²) in [4.78, 5) is 13.1. The fourth-order valence-electron chi connectivity index (χ4n) is 3.84. The third-order valence-electron chi connectivity index (χ3n) is 5.44. The van der Waals surface area contributed by atoms with Crippen LogP contribution in [0.15, 0.2) is 65.1 Å². The van der Waals surface area contributed by atoms with Gasteiger partial charge in [-0.25, -0.2) is 0 Å². The Hall–Kier alpha value is -3.29. The smallest absolute Gasteiger partial charge is 0.258 e. The number of anilines is 2. The molecule has 0 saturated heterocycles. The van der Waals surface area contributed by atoms with Crippen LogP contribution in [0.2, 0.25) is 0 Å². The maximum absolute atomic E-state index is 13.1. The van der Waals surface area contributed by atoms with Gasteiger partial charge in [0.2, 0.25) is 6.79 Å². The lowest BCUT2D eigenvalue weighted by Gasteiger charge is -2.16. The summed E-state index contributed by atoms with van der Waals surface area (Å²) in [6.07, 6.45) is 0. The maximum atomic E-state index is 13.1. The number of halogens is 1. The second-order valence-corrected chi connectivity index (χ2v) is 8.48. The number of carbonyl (C=O) groups is 1. The molecule has 0 bridgehead atoms. The van der Waals surface area contributed by atoms with Crippen molar-refractivity contribution in [2.75, 3.05) is 24.0 Å². The van der Waals surface area contributed by atoms with Crippen LogP contribution in [0.25, 0.3) is 11.3 Å². The molecule has 6 nitrogen and oxygen atoms in total. The topological polar surface area (TPSA) is 71.6 Å². The summed E-state index contributed by atoms with van der Waals surface area (Å²) in [6.45, 7) is 4.02. The van der Waals surface area contributed by atoms with Gasteiger partial charge in [0.05, 0.1) is 17.0 Å². The molecule has 3 N–H and O–H groups in total. The van der Waals surface area contributed by atoms with Crippen LogP contribution in [0.3, 0.4) is 0 Å². The van der Waals surface area contributed by atoms with E-state index in [-0.39, 0.29) is 12.7 Å². The molecule has 0 spiro atoms. The molecule has 2 heterocycles. The minimum Gasteiger partial charge on any atom is -0.454 e. The first kappa shape index (κ1) is 20.6. The number of hydrogen-bond donors (Lipinski definition) is 3. The molecule has 1 amide bonds. The van der Waals surface area contributed by atoms with Gasteiger partial charge in [-0.05, 0) is 54.6 Å². The van der Waals surface area contributed by atoms with Crippen molar-refractivity contribution in [2.45, 2.75) is 13.5 Å². The van der Waals surface area contributed by atoms with Gasteiger partial charge in [-0.3, -0.25) is 4.79 Å². The molecule has 32 heavy (non-hydrogen) atoms. The molecule has 2 aliphatic rings. The Kier molecular flexibility index (Phi) is 5.59. The van der Waals surface area contributed by atoms with E-state index in [2.05, 4.69) is 50.9 Å². The summed E-state index contributed by atoms with van der Waals surface area (Å²) in [5.74, 6) is 1.21. The molecule has 5 rings (SSSR count). The van der Waals surface area contributed by atoms with Gasteiger partial charge in [0.25, 0.3) is 5.91 Å². The van der Waals surface area contributed by atoms with Gasteiger partial charge in [0.15, 0.2) is 11.5 Å². The van der Waals surface area contributed by atoms with Crippen LogP contribution in [0, 0.1) is 0 Å². The van der Waals surface area contributed by atoms with Crippen molar-refractivity contribution in [3.8, 4) is 11.5 Å². The molecule has 3 aromatic carbocycles. The Morgan fingerprint density at radius 2 is 1.84 bits per heavy atom. The predicted molar refractivity (Wildman–Crippen MR) is 130 cm³/mol. The number of nitrogens with one attached hydrogen (secondary N) is 3. The lowest BCUT2D eigenvalue weighted by atomic mass is 9.99. The molecule has 7 heteroatoms. The average molecular weight is 492 g/mol. The quantitative estimate of drug-likeness (QED) is 0.412. The van der Waals surface area contributed by atoms with E-state index in [1.54, 1.807) is 0 Å². The summed E-state index contributed by atoms with van der Waals surface area (Å²) >= 11 is 3.48. The van der Waals surface area contributed by atoms with E-state index in [0.717, 1.165) is 40.1 Å². The monoisotopic (exact) mass is 491 g/mol. The van der Waals surface area contributed by atoms with Crippen molar-refractivity contribution < 1.29 is 14.3 Å². The summed E-state index contributed by atoms with van der Waals surface area (Å²) < 4.78 is 12.0. The standard InChI is InChI=1S/C25H22BrN3O3/c1-2-27-13-15-3-7-18(8-4-15)28-24(16-5-10-21-22(11-16)32-14-31-21)23-19-9-6-17(26)12-20(19)29-25(23)30/h3-12,27-28H,2,13-14H2,1H3,(H,29,30)/b24-23-. The molecule has 0 radical (unpaired) electrons. The van der Waals surface area contributed by atoms with Crippen LogP contribution >= 0.6 is 15.9 Å². The third kappa shape index (κ3) is 3.97. The first-order chi connectivity index (χ1) is 15.6. The third-order valence-corrected chi connectivity index (χ3v) is 5.93. The lowest BCUT2D eigenvalue weighted by molar-refractivity contribution is -0.110. The molecule has 0 saturated carbocycles. The van der Waals surface area contributed by atoms with E-state index in [9.17, 15) is 4.79 Å². The maximum Gasteiger partial charge on any atom is 0.258 e. The largest absolute Gasteiger partial charge is 0.454 e. The molecular formula is C25H22BrN3O3. The van der Waals surface area contributed by atoms with E-state index < -0.39 is 0 Å². The Morgan fingerprint density at radius 3 is 2.66 bits per heavy atom. The zero-order valence-electron chi connectivity index (χ0n) is 17.5. The van der Waals surface area contributed by atoms with Crippen molar-refractivity contribution in [1.82, 2.24) is 5.32 Å². The second-order valence-electron chi connectivity index (χ2n) is 7.56. The van der Waals surface area contributed by atoms with Gasteiger partial charge in [-0.1, -0.05) is 41.1 Å². The van der Waals surface area contributed by atoms with Crippen LogP contribution in [0.4, 0.5) is 11.4 Å². The highest BCUT2D eigenvalue weighted by Gasteiger charge is 2.29. The second kappa shape index (κ2) is 8.68. The van der Waals surface area contributed by atoms with Crippen molar-refractivity contribution in [3.63, 3.8) is 0 Å². The highest BCUT2D eigenvalue weighted by molar-refractivity contribution is 9.10. The zero-order chi connectivity index (χ0) is 22.1. The molecule has 3 aromatic rings. The number of amides is 1. The number of benzene rings is 3. The van der Waals surface area contributed by atoms with E-state index in [4.69, 9.17) is 9.47 Å². The van der Waals surface area contributed by atoms with E-state index in [1.807, 2.05) is 48.5 Å². The van der Waals surface area contributed by atoms with Gasteiger partial charge in [-0.15, -0.1) is 0 Å². The van der Waals surface area contributed by atoms with Crippen molar-refractivity contribution in [3.05, 3.63) is 81.8 Å². The van der Waals surface area contributed by atoms with E-state index >= 15 is 0 Å². The van der Waals surface area contributed by atoms with Crippen molar-refractivity contribution >= 4 is 44.5 Å². The number of fused-ring (bicyclic) bond motifs is 2. The summed E-state index contributed by atoms with van der Waals surface area (Å²) in [5.41, 5.74) is 5.85. The predicted octanol–water partition coefficient (Wildman–Crippen LogP) is 5.22. The lowest BCUT2D eigenvalue weighted by Crippen LogP contribution is -2.12. The molecule has 0 fully saturated rings. The first-order valence-corrected chi connectivity index (χ1v) is 11.2. The van der Waals surface area contributed by atoms with Crippen LogP contribution in [-0.4, -0.2) is 19.2 Å². The Morgan fingerprint density at radius 1 is 1.03 bits per heavy atom. The highest BCUT2D eigenvalue weighted by Crippen LogP contribution is 2.41. The fraction of sp³-hybridized carbons (Fsp3) is 0.160. The van der Waals surface area contributed by atoms with Crippen molar-refractivity contribution in [2.24, 2.45) is 0 Å². The van der Waals surface area contributed by atoms with Crippen LogP contribution in [-0.2, 0) is 11.3 Å². The molecule has 0 aromatic heterocycles. The van der Waals surface area contributed by atoms with Gasteiger partial charge < -0.3 is 25.4 Å². The number of rotatable bonds is 6. The molecule has 162 valence electrons. The minimum atomic E-state index is -0.151. The number of carbonyl (C=O) groups excluding carboxylic acids is 1. The molecule has 2 aliphatic heterocycles. The summed E-state index contributed by atoms with van der Waals surface area (Å²) in [6, 6.07) is 19.7. The summed E-state index contributed by atoms with van der Waals surface area (Å²) in [7, 11) is 0. The number of hydrogen-bond acceptors (Lipinski definition) is 5. The van der Waals surface area contributed by atoms with Gasteiger partial charge in [0.1, 0.15) is 0 Å². The highest BCUT2D eigenvalue weighted by atomic mass is 79.9. The van der Waals surface area contributed by atoms with Crippen molar-refractivity contribution in [1.29, 1.82) is 0 Å². The Labute approximate surface area is 194 Å². The number of ether oxygens (including phenoxy) is 2. The molecule has 0 unspecified atom stereocenters. The van der Waals surface area contributed by atoms with E-state index in [1.165, 1.54) is 5.56 Å². The molecular weight excluding hydrogens is 470 g/mol. The Balaban J connectivity index is 1.59. The van der Waals surface area contributed by atoms with Gasteiger partial charge in [0, 0.05) is 27.8 Å².